The SMILES string of the molecule is CC(C(=O)Oc1ccccc1)C(O)c1ccc(Cl)cc1. The Balaban J connectivity index is 2.04. The minimum atomic E-state index is -0.927. The van der Waals surface area contributed by atoms with Gasteiger partial charge in [0.15, 0.2) is 0 Å². The Morgan fingerprint density at radius 2 is 1.70 bits per heavy atom. The van der Waals surface area contributed by atoms with Crippen molar-refractivity contribution in [2.45, 2.75) is 13.0 Å². The summed E-state index contributed by atoms with van der Waals surface area (Å²) in [6, 6.07) is 15.5. The second kappa shape index (κ2) is 6.55. The van der Waals surface area contributed by atoms with Crippen LogP contribution >= 0.6 is 11.6 Å². The van der Waals surface area contributed by atoms with E-state index in [2.05, 4.69) is 0 Å². The van der Waals surface area contributed by atoms with Crippen LogP contribution in [0, 0.1) is 5.92 Å². The summed E-state index contributed by atoms with van der Waals surface area (Å²) in [5.74, 6) is -0.678. The number of aliphatic hydroxyl groups is 1. The zero-order chi connectivity index (χ0) is 14.5. The van der Waals surface area contributed by atoms with E-state index in [0.717, 1.165) is 0 Å². The molecule has 0 amide bonds. The lowest BCUT2D eigenvalue weighted by Crippen LogP contribution is -2.24. The Hall–Kier alpha value is -1.84. The molecule has 0 spiro atoms. The number of para-hydroxylation sites is 1. The molecule has 0 aromatic heterocycles. The summed E-state index contributed by atoms with van der Waals surface area (Å²) >= 11 is 5.79. The number of halogens is 1. The van der Waals surface area contributed by atoms with Crippen LogP contribution < -0.4 is 4.74 Å². The molecule has 0 aliphatic carbocycles. The van der Waals surface area contributed by atoms with E-state index in [0.29, 0.717) is 16.3 Å². The summed E-state index contributed by atoms with van der Waals surface area (Å²) < 4.78 is 5.22. The Labute approximate surface area is 122 Å². The molecule has 0 aliphatic rings. The molecule has 0 radical (unpaired) electrons. The average molecular weight is 291 g/mol. The molecule has 0 saturated carbocycles. The minimum Gasteiger partial charge on any atom is -0.426 e. The lowest BCUT2D eigenvalue weighted by molar-refractivity contribution is -0.142. The van der Waals surface area contributed by atoms with E-state index in [1.165, 1.54) is 0 Å². The number of aliphatic hydroxyl groups excluding tert-OH is 1. The fourth-order valence-electron chi connectivity index (χ4n) is 1.78. The normalized spacial score (nSPS) is 13.6. The van der Waals surface area contributed by atoms with Gasteiger partial charge in [-0.05, 0) is 36.8 Å². The van der Waals surface area contributed by atoms with Crippen molar-refractivity contribution in [3.05, 3.63) is 65.2 Å². The Bertz CT molecular complexity index is 566. The first-order valence-electron chi connectivity index (χ1n) is 6.28. The van der Waals surface area contributed by atoms with Crippen LogP contribution in [0.5, 0.6) is 5.75 Å². The van der Waals surface area contributed by atoms with Crippen LogP contribution in [0.2, 0.25) is 5.02 Å². The fourth-order valence-corrected chi connectivity index (χ4v) is 1.90. The van der Waals surface area contributed by atoms with E-state index in [4.69, 9.17) is 16.3 Å². The van der Waals surface area contributed by atoms with Crippen molar-refractivity contribution >= 4 is 17.6 Å². The van der Waals surface area contributed by atoms with Crippen molar-refractivity contribution in [1.82, 2.24) is 0 Å². The third kappa shape index (κ3) is 3.59. The molecule has 2 aromatic carbocycles. The van der Waals surface area contributed by atoms with Crippen LogP contribution in [-0.4, -0.2) is 11.1 Å². The molecule has 0 saturated heterocycles. The van der Waals surface area contributed by atoms with E-state index < -0.39 is 18.0 Å². The fraction of sp³-hybridized carbons (Fsp3) is 0.188. The molecule has 0 aliphatic heterocycles. The summed E-state index contributed by atoms with van der Waals surface area (Å²) in [6.45, 7) is 1.63. The summed E-state index contributed by atoms with van der Waals surface area (Å²) in [5.41, 5.74) is 0.631. The monoisotopic (exact) mass is 290 g/mol. The molecule has 2 aromatic rings. The molecule has 0 heterocycles. The average Bonchev–Trinajstić information content (AvgIpc) is 2.47. The molecule has 0 fully saturated rings. The third-order valence-corrected chi connectivity index (χ3v) is 3.27. The highest BCUT2D eigenvalue weighted by atomic mass is 35.5. The standard InChI is InChI=1S/C16H15ClO3/c1-11(15(18)12-7-9-13(17)10-8-12)16(19)20-14-5-3-2-4-6-14/h2-11,15,18H,1H3. The predicted molar refractivity (Wildman–Crippen MR) is 77.7 cm³/mol. The number of ether oxygens (including phenoxy) is 1. The second-order valence-electron chi connectivity index (χ2n) is 4.52. The number of hydrogen-bond donors (Lipinski definition) is 1. The quantitative estimate of drug-likeness (QED) is 0.691. The minimum absolute atomic E-state index is 0.465. The molecule has 1 N–H and O–H groups in total. The van der Waals surface area contributed by atoms with Crippen LogP contribution in [-0.2, 0) is 4.79 Å². The van der Waals surface area contributed by atoms with Gasteiger partial charge in [-0.1, -0.05) is 41.9 Å². The zero-order valence-corrected chi connectivity index (χ0v) is 11.7. The van der Waals surface area contributed by atoms with Gasteiger partial charge >= 0.3 is 5.97 Å². The summed E-state index contributed by atoms with van der Waals surface area (Å²) in [5, 5.41) is 10.8. The first-order valence-corrected chi connectivity index (χ1v) is 6.66. The highest BCUT2D eigenvalue weighted by Gasteiger charge is 2.25. The molecule has 104 valence electrons. The first kappa shape index (κ1) is 14.6. The van der Waals surface area contributed by atoms with Gasteiger partial charge in [-0.15, -0.1) is 0 Å². The number of benzene rings is 2. The highest BCUT2D eigenvalue weighted by Crippen LogP contribution is 2.25. The van der Waals surface area contributed by atoms with Crippen LogP contribution in [0.25, 0.3) is 0 Å². The van der Waals surface area contributed by atoms with Crippen molar-refractivity contribution in [1.29, 1.82) is 0 Å². The third-order valence-electron chi connectivity index (χ3n) is 3.02. The highest BCUT2D eigenvalue weighted by molar-refractivity contribution is 6.30. The van der Waals surface area contributed by atoms with Gasteiger partial charge in [-0.25, -0.2) is 0 Å². The van der Waals surface area contributed by atoms with Crippen molar-refractivity contribution in [3.63, 3.8) is 0 Å². The van der Waals surface area contributed by atoms with E-state index >= 15 is 0 Å². The maximum Gasteiger partial charge on any atom is 0.317 e. The van der Waals surface area contributed by atoms with Gasteiger partial charge in [0.1, 0.15) is 5.75 Å². The number of carbonyl (C=O) groups excluding carboxylic acids is 1. The maximum absolute atomic E-state index is 12.0. The predicted octanol–water partition coefficient (Wildman–Crippen LogP) is 3.62. The molecule has 2 unspecified atom stereocenters. The van der Waals surface area contributed by atoms with Crippen LogP contribution in [0.15, 0.2) is 54.6 Å². The van der Waals surface area contributed by atoms with Gasteiger partial charge in [0.25, 0.3) is 0 Å². The summed E-state index contributed by atoms with van der Waals surface area (Å²) in [4.78, 5) is 12.0. The number of hydrogen-bond acceptors (Lipinski definition) is 3. The lowest BCUT2D eigenvalue weighted by atomic mass is 9.98. The molecular formula is C16H15ClO3. The van der Waals surface area contributed by atoms with Gasteiger partial charge in [-0.2, -0.15) is 0 Å². The number of esters is 1. The Morgan fingerprint density at radius 3 is 2.30 bits per heavy atom. The van der Waals surface area contributed by atoms with Gasteiger partial charge in [0.05, 0.1) is 12.0 Å². The second-order valence-corrected chi connectivity index (χ2v) is 4.96. The molecular weight excluding hydrogens is 276 g/mol. The molecule has 3 nitrogen and oxygen atoms in total. The molecule has 20 heavy (non-hydrogen) atoms. The van der Waals surface area contributed by atoms with Gasteiger partial charge in [-0.3, -0.25) is 4.79 Å². The van der Waals surface area contributed by atoms with Gasteiger partial charge in [0.2, 0.25) is 0 Å². The lowest BCUT2D eigenvalue weighted by Gasteiger charge is -2.18. The van der Waals surface area contributed by atoms with Gasteiger partial charge in [0, 0.05) is 5.02 Å². The number of rotatable bonds is 4. The molecule has 2 atom stereocenters. The topological polar surface area (TPSA) is 46.5 Å². The summed E-state index contributed by atoms with van der Waals surface area (Å²) in [6.07, 6.45) is -0.927. The maximum atomic E-state index is 12.0. The van der Waals surface area contributed by atoms with Crippen molar-refractivity contribution in [3.8, 4) is 5.75 Å². The smallest absolute Gasteiger partial charge is 0.317 e. The van der Waals surface area contributed by atoms with Crippen molar-refractivity contribution in [2.75, 3.05) is 0 Å². The first-order chi connectivity index (χ1) is 9.58. The zero-order valence-electron chi connectivity index (χ0n) is 11.0. The van der Waals surface area contributed by atoms with Crippen molar-refractivity contribution in [2.24, 2.45) is 5.92 Å². The molecule has 4 heteroatoms. The number of carbonyl (C=O) groups is 1. The van der Waals surface area contributed by atoms with Crippen LogP contribution in [0.4, 0.5) is 0 Å². The van der Waals surface area contributed by atoms with Crippen LogP contribution in [0.3, 0.4) is 0 Å². The van der Waals surface area contributed by atoms with E-state index in [9.17, 15) is 9.90 Å². The molecule has 2 rings (SSSR count). The van der Waals surface area contributed by atoms with Gasteiger partial charge < -0.3 is 9.84 Å². The van der Waals surface area contributed by atoms with Crippen LogP contribution in [0.1, 0.15) is 18.6 Å². The molecule has 0 bridgehead atoms. The van der Waals surface area contributed by atoms with Crippen molar-refractivity contribution < 1.29 is 14.6 Å². The Morgan fingerprint density at radius 1 is 1.10 bits per heavy atom. The van der Waals surface area contributed by atoms with E-state index in [1.807, 2.05) is 6.07 Å². The Kier molecular flexibility index (Phi) is 4.77. The van der Waals surface area contributed by atoms with E-state index in [-0.39, 0.29) is 0 Å². The van der Waals surface area contributed by atoms with E-state index in [1.54, 1.807) is 55.5 Å². The summed E-state index contributed by atoms with van der Waals surface area (Å²) in [7, 11) is 0. The largest absolute Gasteiger partial charge is 0.426 e.